The summed E-state index contributed by atoms with van der Waals surface area (Å²) in [6, 6.07) is 0. The molecule has 0 aliphatic carbocycles. The number of allylic oxidation sites excluding steroid dienone is 4. The zero-order valence-electron chi connectivity index (χ0n) is 48.2. The van der Waals surface area contributed by atoms with Crippen molar-refractivity contribution in [2.75, 3.05) is 13.2 Å². The fourth-order valence-electron chi connectivity index (χ4n) is 8.88. The summed E-state index contributed by atoms with van der Waals surface area (Å²) in [5.74, 6) is -0.275. The van der Waals surface area contributed by atoms with Crippen LogP contribution in [0.15, 0.2) is 56.3 Å². The Morgan fingerprint density at radius 3 is 1.93 bits per heavy atom. The number of ether oxygens (including phenoxy) is 4. The summed E-state index contributed by atoms with van der Waals surface area (Å²) in [5.41, 5.74) is -0.155. The molecule has 2 aliphatic rings. The second-order valence-corrected chi connectivity index (χ2v) is 48.7. The Morgan fingerprint density at radius 1 is 0.814 bits per heavy atom. The second-order valence-electron chi connectivity index (χ2n) is 25.4. The van der Waals surface area contributed by atoms with Gasteiger partial charge < -0.3 is 9.16 Å². The van der Waals surface area contributed by atoms with E-state index in [9.17, 15) is 9.59 Å². The average molecular weight is 1230 g/mol. The van der Waals surface area contributed by atoms with Gasteiger partial charge in [0, 0.05) is 5.92 Å². The third-order valence-corrected chi connectivity index (χ3v) is 39.6. The van der Waals surface area contributed by atoms with Gasteiger partial charge in [-0.25, -0.2) is 0 Å². The normalized spacial score (nSPS) is 26.0. The average Bonchev–Trinajstić information content (AvgIpc) is 3.26. The molecule has 0 saturated carbocycles. The number of rotatable bonds is 27. The molecule has 0 radical (unpaired) electrons. The van der Waals surface area contributed by atoms with Gasteiger partial charge in [-0.15, -0.1) is 0 Å². The molecule has 0 spiro atoms. The van der Waals surface area contributed by atoms with Crippen molar-refractivity contribution in [3.8, 4) is 0 Å². The Hall–Kier alpha value is -0.558. The SMILES string of the molecule is CCC[CH2][Sn](/[CH]=C/C(=O)O[C@@H]1C[C@@H](/C=C/C/C=C/C(C)=C\[C@H]2O[C@@H](C/C=C/I)C[C@H](O[Si](C)(C)C(C)(C)C)[C@H]2C)O[C@@H](CCOC(=O)C(C)(C)C)[C@]1(C)CO[Si](C)(C)C(C)(C)C)([CH2]CCC)[CH2]CCC. The molecule has 8 nitrogen and oxygen atoms in total. The number of esters is 2. The molecule has 2 heterocycles. The summed E-state index contributed by atoms with van der Waals surface area (Å²) in [7, 11) is -4.19. The van der Waals surface area contributed by atoms with E-state index in [1.54, 1.807) is 0 Å². The van der Waals surface area contributed by atoms with Gasteiger partial charge in [-0.2, -0.15) is 0 Å². The molecule has 8 atom stereocenters. The van der Waals surface area contributed by atoms with Gasteiger partial charge in [0.15, 0.2) is 8.32 Å². The van der Waals surface area contributed by atoms with Crippen molar-refractivity contribution in [3.05, 3.63) is 56.3 Å². The van der Waals surface area contributed by atoms with Crippen LogP contribution in [-0.4, -0.2) is 96.8 Å². The minimum absolute atomic E-state index is 0.0126. The summed E-state index contributed by atoms with van der Waals surface area (Å²) < 4.78 is 48.7. The van der Waals surface area contributed by atoms with Gasteiger partial charge in [0.2, 0.25) is 0 Å². The molecular weight excluding hydrogens is 1130 g/mol. The van der Waals surface area contributed by atoms with Crippen LogP contribution in [0.5, 0.6) is 0 Å². The Balaban J connectivity index is 2.52. The van der Waals surface area contributed by atoms with Crippen LogP contribution in [0.4, 0.5) is 0 Å². The fourth-order valence-corrected chi connectivity index (χ4v) is 25.7. The Morgan fingerprint density at radius 2 is 1.40 bits per heavy atom. The summed E-state index contributed by atoms with van der Waals surface area (Å²) in [6.07, 6.45) is 24.7. The van der Waals surface area contributed by atoms with Gasteiger partial charge in [0.05, 0.1) is 18.3 Å². The van der Waals surface area contributed by atoms with Crippen molar-refractivity contribution in [1.82, 2.24) is 0 Å². The molecule has 2 fully saturated rings. The first-order valence-electron chi connectivity index (χ1n) is 27.4. The maximum absolute atomic E-state index is 14.3. The van der Waals surface area contributed by atoms with Crippen molar-refractivity contribution >= 4 is 69.5 Å². The van der Waals surface area contributed by atoms with E-state index < -0.39 is 58.0 Å². The standard InChI is InChI=1S/C46H78IO8Si2.3C4H9.Sn/c1-18-41(48)54-40-31-36(53-39(26-28-50-42(49)43(4,5)6)46(40,13)32-51-56(14,15)44(7,8)9)24-21-19-20-23-33(2)29-37-34(3)38(30-35(52-37)25-22-27-47)55-57(16,17)45(10,11)12;3*1-3-4-2;/h1,18,20-24,27,29,34-40H,19,25-26,28,30-32H2,2-17H3;3*1,3-4H2,2H3;/b18-1?,23-20+,24-21+,27-22+,33-29-;;;;/t34-,35-,36+,37+,38-,39-,40+,46-;;;;/m0..../s1. The third-order valence-electron chi connectivity index (χ3n) is 16.1. The van der Waals surface area contributed by atoms with Crippen LogP contribution >= 0.6 is 22.6 Å². The minimum atomic E-state index is -2.77. The van der Waals surface area contributed by atoms with E-state index in [0.717, 1.165) is 18.4 Å². The maximum atomic E-state index is 14.3. The van der Waals surface area contributed by atoms with Crippen molar-refractivity contribution in [2.24, 2.45) is 16.7 Å². The molecule has 12 heteroatoms. The fraction of sp³-hybridized carbons (Fsp3) is 0.793. The number of carbonyl (C=O) groups is 2. The van der Waals surface area contributed by atoms with Gasteiger partial charge >= 0.3 is 281 Å². The zero-order chi connectivity index (χ0) is 53.2. The van der Waals surface area contributed by atoms with Crippen LogP contribution in [0.3, 0.4) is 0 Å². The predicted octanol–water partition coefficient (Wildman–Crippen LogP) is 17.0. The van der Waals surface area contributed by atoms with E-state index in [-0.39, 0.29) is 59.0 Å². The zero-order valence-corrected chi connectivity index (χ0v) is 55.2. The van der Waals surface area contributed by atoms with Gasteiger partial charge in [-0.3, -0.25) is 0 Å². The number of hydrogen-bond acceptors (Lipinski definition) is 8. The molecule has 0 aromatic heterocycles. The van der Waals surface area contributed by atoms with E-state index >= 15 is 0 Å². The van der Waals surface area contributed by atoms with Crippen LogP contribution < -0.4 is 0 Å². The Bertz CT molecular complexity index is 1710. The topological polar surface area (TPSA) is 89.5 Å². The first-order chi connectivity index (χ1) is 32.4. The van der Waals surface area contributed by atoms with Crippen molar-refractivity contribution in [3.63, 3.8) is 0 Å². The van der Waals surface area contributed by atoms with Gasteiger partial charge in [-0.05, 0) is 62.8 Å². The molecule has 70 heavy (non-hydrogen) atoms. The van der Waals surface area contributed by atoms with E-state index in [2.05, 4.69) is 176 Å². The molecule has 404 valence electrons. The third kappa shape index (κ3) is 21.2. The molecule has 0 aromatic carbocycles. The molecule has 0 aromatic rings. The van der Waals surface area contributed by atoms with E-state index in [0.29, 0.717) is 25.9 Å². The summed E-state index contributed by atoms with van der Waals surface area (Å²) in [6.45, 7) is 42.5. The molecule has 0 unspecified atom stereocenters. The monoisotopic (exact) mass is 1230 g/mol. The molecule has 0 N–H and O–H groups in total. The van der Waals surface area contributed by atoms with Gasteiger partial charge in [-0.1, -0.05) is 68.0 Å². The predicted molar refractivity (Wildman–Crippen MR) is 312 cm³/mol. The van der Waals surface area contributed by atoms with Gasteiger partial charge in [0.1, 0.15) is 0 Å². The van der Waals surface area contributed by atoms with E-state index in [1.807, 2.05) is 26.8 Å². The first-order valence-corrected chi connectivity index (χ1v) is 42.1. The summed E-state index contributed by atoms with van der Waals surface area (Å²) in [4.78, 5) is 27.3. The molecule has 2 saturated heterocycles. The summed E-state index contributed by atoms with van der Waals surface area (Å²) >= 11 is -0.482. The molecule has 2 aliphatic heterocycles. The van der Waals surface area contributed by atoms with Crippen LogP contribution in [-0.2, 0) is 37.4 Å². The Kier molecular flexibility index (Phi) is 27.8. The first kappa shape index (κ1) is 65.6. The molecular formula is C58H105IO8Si2Sn. The number of unbranched alkanes of at least 4 members (excludes halogenated alkanes) is 3. The molecule has 2 rings (SSSR count). The van der Waals surface area contributed by atoms with Crippen LogP contribution in [0, 0.1) is 16.7 Å². The number of carbonyl (C=O) groups excluding carboxylic acids is 2. The van der Waals surface area contributed by atoms with Crippen molar-refractivity contribution < 1.29 is 37.4 Å². The molecule has 0 bridgehead atoms. The molecule has 0 amide bonds. The van der Waals surface area contributed by atoms with E-state index in [1.165, 1.54) is 51.8 Å². The van der Waals surface area contributed by atoms with Crippen molar-refractivity contribution in [2.45, 2.75) is 261 Å². The van der Waals surface area contributed by atoms with Crippen molar-refractivity contribution in [1.29, 1.82) is 0 Å². The number of hydrogen-bond donors (Lipinski definition) is 0. The second kappa shape index (κ2) is 29.7. The Labute approximate surface area is 450 Å². The van der Waals surface area contributed by atoms with E-state index in [4.69, 9.17) is 27.8 Å². The number of halogens is 1. The van der Waals surface area contributed by atoms with Crippen LogP contribution in [0.2, 0.25) is 49.6 Å². The quantitative estimate of drug-likeness (QED) is 0.0201. The summed E-state index contributed by atoms with van der Waals surface area (Å²) in [5, 5.41) is 0.123. The van der Waals surface area contributed by atoms with Crippen LogP contribution in [0.25, 0.3) is 0 Å². The van der Waals surface area contributed by atoms with Gasteiger partial charge in [0.25, 0.3) is 0 Å². The van der Waals surface area contributed by atoms with Crippen LogP contribution in [0.1, 0.15) is 174 Å².